The molecule has 0 heterocycles. The van der Waals surface area contributed by atoms with Crippen LogP contribution in [0, 0.1) is 5.41 Å². The van der Waals surface area contributed by atoms with E-state index in [0.717, 1.165) is 35.1 Å². The van der Waals surface area contributed by atoms with Crippen LogP contribution < -0.4 is 0 Å². The van der Waals surface area contributed by atoms with E-state index in [2.05, 4.69) is 24.3 Å². The number of hydrogen-bond donors (Lipinski definition) is 1. The maximum absolute atomic E-state index is 12.6. The molecule has 0 aliphatic heterocycles. The molecule has 0 radical (unpaired) electrons. The highest BCUT2D eigenvalue weighted by molar-refractivity contribution is 5.99. The van der Waals surface area contributed by atoms with E-state index in [9.17, 15) is 14.7 Å². The van der Waals surface area contributed by atoms with Crippen LogP contribution in [0.2, 0.25) is 0 Å². The summed E-state index contributed by atoms with van der Waals surface area (Å²) in [5.74, 6) is -1.68. The van der Waals surface area contributed by atoms with E-state index in [-0.39, 0.29) is 12.5 Å². The first-order valence-electron chi connectivity index (χ1n) is 8.72. The van der Waals surface area contributed by atoms with E-state index in [0.29, 0.717) is 12.8 Å². The molecule has 2 aliphatic rings. The summed E-state index contributed by atoms with van der Waals surface area (Å²) in [5.41, 5.74) is 3.23. The van der Waals surface area contributed by atoms with Crippen LogP contribution in [0.25, 0.3) is 11.1 Å². The summed E-state index contributed by atoms with van der Waals surface area (Å²) < 4.78 is 5.57. The van der Waals surface area contributed by atoms with Gasteiger partial charge in [0.2, 0.25) is 0 Å². The first-order valence-corrected chi connectivity index (χ1v) is 8.72. The molecule has 2 aromatic carbocycles. The summed E-state index contributed by atoms with van der Waals surface area (Å²) in [6.45, 7) is 0.182. The summed E-state index contributed by atoms with van der Waals surface area (Å²) in [4.78, 5) is 24.2. The van der Waals surface area contributed by atoms with Crippen molar-refractivity contribution in [2.24, 2.45) is 5.41 Å². The number of hydrogen-bond acceptors (Lipinski definition) is 3. The van der Waals surface area contributed by atoms with Gasteiger partial charge in [-0.3, -0.25) is 9.59 Å². The Hall–Kier alpha value is -2.62. The maximum Gasteiger partial charge on any atom is 0.323 e. The van der Waals surface area contributed by atoms with Crippen LogP contribution in [0.15, 0.2) is 48.5 Å². The molecular formula is C21H20O4. The fourth-order valence-electron chi connectivity index (χ4n) is 4.22. The molecule has 128 valence electrons. The van der Waals surface area contributed by atoms with Crippen LogP contribution in [-0.2, 0) is 14.3 Å². The number of carboxylic acid groups (broad SMARTS) is 1. The molecule has 1 N–H and O–H groups in total. The van der Waals surface area contributed by atoms with Crippen molar-refractivity contribution in [3.05, 3.63) is 59.7 Å². The van der Waals surface area contributed by atoms with Crippen molar-refractivity contribution >= 4 is 11.9 Å². The summed E-state index contributed by atoms with van der Waals surface area (Å²) >= 11 is 0. The van der Waals surface area contributed by atoms with Crippen LogP contribution >= 0.6 is 0 Å². The minimum atomic E-state index is -1.35. The second kappa shape index (κ2) is 6.03. The lowest BCUT2D eigenvalue weighted by Crippen LogP contribution is -2.38. The number of carbonyl (C=O) groups excluding carboxylic acids is 1. The molecule has 4 heteroatoms. The molecule has 4 nitrogen and oxygen atoms in total. The molecule has 0 spiro atoms. The first-order chi connectivity index (χ1) is 12.1. The highest BCUT2D eigenvalue weighted by Crippen LogP contribution is 2.45. The molecular weight excluding hydrogens is 316 g/mol. The van der Waals surface area contributed by atoms with E-state index in [1.807, 2.05) is 24.3 Å². The molecule has 0 bridgehead atoms. The van der Waals surface area contributed by atoms with Crippen LogP contribution in [-0.4, -0.2) is 23.7 Å². The average Bonchev–Trinajstić information content (AvgIpc) is 3.24. The molecule has 25 heavy (non-hydrogen) atoms. The molecule has 1 saturated carbocycles. The zero-order valence-electron chi connectivity index (χ0n) is 13.9. The quantitative estimate of drug-likeness (QED) is 0.677. The minimum Gasteiger partial charge on any atom is -0.480 e. The first kappa shape index (κ1) is 15.9. The summed E-state index contributed by atoms with van der Waals surface area (Å²) in [6, 6.07) is 16.2. The van der Waals surface area contributed by atoms with Crippen LogP contribution in [0.5, 0.6) is 0 Å². The monoisotopic (exact) mass is 336 g/mol. The molecule has 0 atom stereocenters. The van der Waals surface area contributed by atoms with Crippen LogP contribution in [0.3, 0.4) is 0 Å². The average molecular weight is 336 g/mol. The number of fused-ring (bicyclic) bond motifs is 3. The summed E-state index contributed by atoms with van der Waals surface area (Å²) in [7, 11) is 0. The lowest BCUT2D eigenvalue weighted by atomic mass is 9.86. The van der Waals surface area contributed by atoms with Crippen molar-refractivity contribution in [3.63, 3.8) is 0 Å². The van der Waals surface area contributed by atoms with Gasteiger partial charge in [-0.2, -0.15) is 0 Å². The number of ether oxygens (including phenoxy) is 1. The summed E-state index contributed by atoms with van der Waals surface area (Å²) in [5, 5.41) is 9.54. The van der Waals surface area contributed by atoms with Gasteiger partial charge in [0.15, 0.2) is 5.41 Å². The molecule has 2 aliphatic carbocycles. The van der Waals surface area contributed by atoms with Crippen LogP contribution in [0.1, 0.15) is 42.7 Å². The molecule has 0 aromatic heterocycles. The van der Waals surface area contributed by atoms with Gasteiger partial charge in [0.1, 0.15) is 6.61 Å². The maximum atomic E-state index is 12.6. The van der Waals surface area contributed by atoms with Gasteiger partial charge in [0.05, 0.1) is 0 Å². The fourth-order valence-corrected chi connectivity index (χ4v) is 4.22. The smallest absolute Gasteiger partial charge is 0.323 e. The van der Waals surface area contributed by atoms with E-state index in [1.54, 1.807) is 0 Å². The third kappa shape index (κ3) is 2.44. The largest absolute Gasteiger partial charge is 0.480 e. The van der Waals surface area contributed by atoms with Crippen molar-refractivity contribution < 1.29 is 19.4 Å². The second-order valence-corrected chi connectivity index (χ2v) is 6.92. The molecule has 0 unspecified atom stereocenters. The number of rotatable bonds is 4. The van der Waals surface area contributed by atoms with Gasteiger partial charge >= 0.3 is 11.9 Å². The predicted molar refractivity (Wildman–Crippen MR) is 93.2 cm³/mol. The molecule has 1 fully saturated rings. The topological polar surface area (TPSA) is 63.6 Å². The van der Waals surface area contributed by atoms with Gasteiger partial charge in [0.25, 0.3) is 0 Å². The Balaban J connectivity index is 1.59. The Bertz CT molecular complexity index is 788. The van der Waals surface area contributed by atoms with E-state index >= 15 is 0 Å². The Morgan fingerprint density at radius 1 is 0.960 bits per heavy atom. The Kier molecular flexibility index (Phi) is 3.83. The van der Waals surface area contributed by atoms with Gasteiger partial charge in [-0.05, 0) is 35.1 Å². The molecule has 2 aromatic rings. The minimum absolute atomic E-state index is 0.0383. The van der Waals surface area contributed by atoms with Gasteiger partial charge in [-0.25, -0.2) is 0 Å². The van der Waals surface area contributed by atoms with Crippen molar-refractivity contribution in [1.82, 2.24) is 0 Å². The van der Waals surface area contributed by atoms with Gasteiger partial charge in [0, 0.05) is 5.92 Å². The molecule has 0 amide bonds. The normalized spacial score (nSPS) is 17.8. The predicted octanol–water partition coefficient (Wildman–Crippen LogP) is 3.99. The molecule has 4 rings (SSSR count). The van der Waals surface area contributed by atoms with E-state index in [1.165, 1.54) is 0 Å². The fraction of sp³-hybridized carbons (Fsp3) is 0.333. The molecule has 0 saturated heterocycles. The standard InChI is InChI=1S/C21H20O4/c22-19(23)21(11-5-6-12-21)20(24)25-13-18-16-9-3-1-7-14(16)15-8-2-4-10-17(15)18/h1-4,7-10,18H,5-6,11-13H2,(H,22,23). The van der Waals surface area contributed by atoms with Crippen molar-refractivity contribution in [1.29, 1.82) is 0 Å². The Labute approximate surface area is 146 Å². The highest BCUT2D eigenvalue weighted by Gasteiger charge is 2.50. The zero-order valence-corrected chi connectivity index (χ0v) is 13.9. The third-order valence-electron chi connectivity index (χ3n) is 5.60. The van der Waals surface area contributed by atoms with Gasteiger partial charge in [-0.1, -0.05) is 61.4 Å². The number of benzene rings is 2. The Morgan fingerprint density at radius 3 is 2.00 bits per heavy atom. The van der Waals surface area contributed by atoms with E-state index in [4.69, 9.17) is 4.74 Å². The van der Waals surface area contributed by atoms with Gasteiger partial charge in [-0.15, -0.1) is 0 Å². The van der Waals surface area contributed by atoms with Crippen molar-refractivity contribution in [2.45, 2.75) is 31.6 Å². The van der Waals surface area contributed by atoms with E-state index < -0.39 is 17.4 Å². The number of aliphatic carboxylic acids is 1. The third-order valence-corrected chi connectivity index (χ3v) is 5.60. The van der Waals surface area contributed by atoms with Crippen LogP contribution in [0.4, 0.5) is 0 Å². The van der Waals surface area contributed by atoms with Crippen molar-refractivity contribution in [2.75, 3.05) is 6.61 Å². The Morgan fingerprint density at radius 2 is 1.48 bits per heavy atom. The number of carbonyl (C=O) groups is 2. The lowest BCUT2D eigenvalue weighted by molar-refractivity contribution is -0.168. The second-order valence-electron chi connectivity index (χ2n) is 6.92. The highest BCUT2D eigenvalue weighted by atomic mass is 16.5. The zero-order chi connectivity index (χ0) is 17.4. The van der Waals surface area contributed by atoms with Crippen molar-refractivity contribution in [3.8, 4) is 11.1 Å². The number of esters is 1. The van der Waals surface area contributed by atoms with Gasteiger partial charge < -0.3 is 9.84 Å². The summed E-state index contributed by atoms with van der Waals surface area (Å²) in [6.07, 6.45) is 2.27. The number of carboxylic acids is 1. The lowest BCUT2D eigenvalue weighted by Gasteiger charge is -2.23. The SMILES string of the molecule is O=C(O)C1(C(=O)OCC2c3ccccc3-c3ccccc32)CCCC1.